The minimum Gasteiger partial charge on any atom is -0.381 e. The van der Waals surface area contributed by atoms with Gasteiger partial charge >= 0.3 is 0 Å². The first-order chi connectivity index (χ1) is 7.84. The van der Waals surface area contributed by atoms with Crippen LogP contribution in [0.5, 0.6) is 5.75 Å². The number of hydrogen-bond donors (Lipinski definition) is 1. The normalized spacial score (nSPS) is 19.0. The van der Waals surface area contributed by atoms with E-state index in [0.29, 0.717) is 0 Å². The van der Waals surface area contributed by atoms with E-state index in [1.165, 1.54) is 5.69 Å². The van der Waals surface area contributed by atoms with Crippen molar-refractivity contribution in [3.05, 3.63) is 30.3 Å². The number of nitrogens with zero attached hydrogens (tertiary/aromatic N) is 1. The summed E-state index contributed by atoms with van der Waals surface area (Å²) in [5, 5.41) is 0. The fourth-order valence-electron chi connectivity index (χ4n) is 2.03. The Morgan fingerprint density at radius 2 is 2.06 bits per heavy atom. The second-order valence-electron chi connectivity index (χ2n) is 3.96. The molecule has 0 spiro atoms. The Balaban J connectivity index is 1.89. The van der Waals surface area contributed by atoms with Gasteiger partial charge in [0.2, 0.25) is 0 Å². The molecule has 2 aliphatic heterocycles. The van der Waals surface area contributed by atoms with Crippen LogP contribution in [0, 0.1) is 0 Å². The average Bonchev–Trinajstić information content (AvgIpc) is 2.72. The van der Waals surface area contributed by atoms with E-state index >= 15 is 0 Å². The van der Waals surface area contributed by atoms with Crippen molar-refractivity contribution in [3.63, 3.8) is 0 Å². The summed E-state index contributed by atoms with van der Waals surface area (Å²) in [6.07, 6.45) is 0. The molecule has 0 unspecified atom stereocenters. The number of fused-ring (bicyclic) bond motifs is 1. The zero-order valence-corrected chi connectivity index (χ0v) is 9.03. The van der Waals surface area contributed by atoms with Crippen LogP contribution in [0.4, 0.5) is 5.69 Å². The van der Waals surface area contributed by atoms with Gasteiger partial charge in [0, 0.05) is 30.4 Å². The van der Waals surface area contributed by atoms with Crippen LogP contribution in [0.25, 0.3) is 5.70 Å². The van der Waals surface area contributed by atoms with Gasteiger partial charge in [-0.2, -0.15) is 0 Å². The summed E-state index contributed by atoms with van der Waals surface area (Å²) in [6, 6.07) is 6.19. The number of anilines is 1. The van der Waals surface area contributed by atoms with Crippen LogP contribution in [-0.2, 0) is 4.74 Å². The van der Waals surface area contributed by atoms with Gasteiger partial charge in [0.1, 0.15) is 0 Å². The maximum atomic E-state index is 5.33. The van der Waals surface area contributed by atoms with Gasteiger partial charge in [0.15, 0.2) is 5.75 Å². The topological polar surface area (TPSA) is 33.7 Å². The zero-order valence-electron chi connectivity index (χ0n) is 9.03. The average molecular weight is 218 g/mol. The number of hydroxylamine groups is 1. The number of hydrogen-bond acceptors (Lipinski definition) is 4. The molecule has 3 rings (SSSR count). The van der Waals surface area contributed by atoms with Crippen LogP contribution in [0.2, 0.25) is 0 Å². The van der Waals surface area contributed by atoms with Gasteiger partial charge in [-0.1, -0.05) is 6.58 Å². The number of nitrogens with one attached hydrogen (secondary N) is 1. The van der Waals surface area contributed by atoms with Gasteiger partial charge in [-0.15, -0.1) is 0 Å². The van der Waals surface area contributed by atoms with Crippen LogP contribution in [0.1, 0.15) is 5.56 Å². The fourth-order valence-corrected chi connectivity index (χ4v) is 2.03. The molecule has 0 amide bonds. The second-order valence-corrected chi connectivity index (χ2v) is 3.96. The van der Waals surface area contributed by atoms with Gasteiger partial charge in [-0.05, 0) is 12.1 Å². The van der Waals surface area contributed by atoms with Crippen molar-refractivity contribution in [2.45, 2.75) is 0 Å². The lowest BCUT2D eigenvalue weighted by Crippen LogP contribution is -2.36. The van der Waals surface area contributed by atoms with E-state index in [9.17, 15) is 0 Å². The van der Waals surface area contributed by atoms with Gasteiger partial charge in [0.05, 0.1) is 18.9 Å². The molecule has 1 aromatic carbocycles. The standard InChI is InChI=1S/C12H14N2O2/c1-9-11-3-2-10(8-12(11)16-13-9)14-4-6-15-7-5-14/h2-3,8,13H,1,4-7H2. The smallest absolute Gasteiger partial charge is 0.166 e. The summed E-state index contributed by atoms with van der Waals surface area (Å²) in [6.45, 7) is 7.33. The van der Waals surface area contributed by atoms with Gasteiger partial charge in [-0.3, -0.25) is 0 Å². The summed E-state index contributed by atoms with van der Waals surface area (Å²) in [5.41, 5.74) is 5.82. The van der Waals surface area contributed by atoms with E-state index < -0.39 is 0 Å². The maximum Gasteiger partial charge on any atom is 0.166 e. The molecule has 4 heteroatoms. The molecular weight excluding hydrogens is 204 g/mol. The van der Waals surface area contributed by atoms with Crippen molar-refractivity contribution in [1.82, 2.24) is 5.48 Å². The fraction of sp³-hybridized carbons (Fsp3) is 0.333. The minimum atomic E-state index is 0.795. The third kappa shape index (κ3) is 1.51. The summed E-state index contributed by atoms with van der Waals surface area (Å²) < 4.78 is 5.33. The van der Waals surface area contributed by atoms with Crippen LogP contribution >= 0.6 is 0 Å². The van der Waals surface area contributed by atoms with Gasteiger partial charge < -0.3 is 14.5 Å². The predicted octanol–water partition coefficient (Wildman–Crippen LogP) is 1.39. The number of ether oxygens (including phenoxy) is 1. The van der Waals surface area contributed by atoms with Crippen molar-refractivity contribution >= 4 is 11.4 Å². The predicted molar refractivity (Wildman–Crippen MR) is 62.3 cm³/mol. The van der Waals surface area contributed by atoms with E-state index in [1.54, 1.807) is 0 Å². The Morgan fingerprint density at radius 1 is 1.25 bits per heavy atom. The molecule has 0 bridgehead atoms. The Bertz CT molecular complexity index is 425. The zero-order chi connectivity index (χ0) is 11.0. The Morgan fingerprint density at radius 3 is 2.88 bits per heavy atom. The third-order valence-electron chi connectivity index (χ3n) is 2.95. The molecule has 2 aliphatic rings. The highest BCUT2D eigenvalue weighted by Crippen LogP contribution is 2.32. The monoisotopic (exact) mass is 218 g/mol. The van der Waals surface area contributed by atoms with Gasteiger partial charge in [-0.25, -0.2) is 5.48 Å². The molecule has 1 N–H and O–H groups in total. The number of benzene rings is 1. The van der Waals surface area contributed by atoms with Crippen molar-refractivity contribution < 1.29 is 9.57 Å². The molecule has 4 nitrogen and oxygen atoms in total. The van der Waals surface area contributed by atoms with Crippen LogP contribution < -0.4 is 15.2 Å². The lowest BCUT2D eigenvalue weighted by molar-refractivity contribution is 0.122. The molecule has 2 heterocycles. The summed E-state index contributed by atoms with van der Waals surface area (Å²) in [5.74, 6) is 0.856. The minimum absolute atomic E-state index is 0.795. The van der Waals surface area contributed by atoms with Crippen LogP contribution in [0.15, 0.2) is 24.8 Å². The highest BCUT2D eigenvalue weighted by molar-refractivity contribution is 5.72. The van der Waals surface area contributed by atoms with E-state index in [0.717, 1.165) is 43.3 Å². The first-order valence-electron chi connectivity index (χ1n) is 5.43. The molecule has 1 saturated heterocycles. The van der Waals surface area contributed by atoms with E-state index in [4.69, 9.17) is 9.57 Å². The first kappa shape index (κ1) is 9.54. The summed E-state index contributed by atoms with van der Waals surface area (Å²) in [7, 11) is 0. The number of rotatable bonds is 1. The quantitative estimate of drug-likeness (QED) is 0.772. The van der Waals surface area contributed by atoms with Crippen molar-refractivity contribution in [3.8, 4) is 5.75 Å². The van der Waals surface area contributed by atoms with E-state index in [2.05, 4.69) is 23.0 Å². The SMILES string of the molecule is C=C1NOc2cc(N3CCOCC3)ccc21. The molecule has 0 aliphatic carbocycles. The van der Waals surface area contributed by atoms with Gasteiger partial charge in [0.25, 0.3) is 0 Å². The van der Waals surface area contributed by atoms with Crippen molar-refractivity contribution in [2.24, 2.45) is 0 Å². The van der Waals surface area contributed by atoms with Crippen LogP contribution in [-0.4, -0.2) is 26.3 Å². The maximum absolute atomic E-state index is 5.33. The second kappa shape index (κ2) is 3.72. The lowest BCUT2D eigenvalue weighted by Gasteiger charge is -2.28. The largest absolute Gasteiger partial charge is 0.381 e. The molecule has 0 radical (unpaired) electrons. The van der Waals surface area contributed by atoms with Crippen molar-refractivity contribution in [1.29, 1.82) is 0 Å². The molecular formula is C12H14N2O2. The highest BCUT2D eigenvalue weighted by atomic mass is 16.7. The third-order valence-corrected chi connectivity index (χ3v) is 2.95. The molecule has 0 aromatic heterocycles. The summed E-state index contributed by atoms with van der Waals surface area (Å²) >= 11 is 0. The number of morpholine rings is 1. The molecule has 84 valence electrons. The molecule has 16 heavy (non-hydrogen) atoms. The first-order valence-corrected chi connectivity index (χ1v) is 5.43. The summed E-state index contributed by atoms with van der Waals surface area (Å²) in [4.78, 5) is 7.63. The molecule has 0 saturated carbocycles. The van der Waals surface area contributed by atoms with E-state index in [1.807, 2.05) is 12.1 Å². The Labute approximate surface area is 94.4 Å². The Hall–Kier alpha value is -1.68. The van der Waals surface area contributed by atoms with Crippen molar-refractivity contribution in [2.75, 3.05) is 31.2 Å². The highest BCUT2D eigenvalue weighted by Gasteiger charge is 2.18. The molecule has 1 aromatic rings. The molecule has 1 fully saturated rings. The van der Waals surface area contributed by atoms with Crippen LogP contribution in [0.3, 0.4) is 0 Å². The Kier molecular flexibility index (Phi) is 2.22. The lowest BCUT2D eigenvalue weighted by atomic mass is 10.1. The molecule has 0 atom stereocenters. The van der Waals surface area contributed by atoms with E-state index in [-0.39, 0.29) is 0 Å².